The molecule has 12 heterocycles. The lowest BCUT2D eigenvalue weighted by Gasteiger charge is -2.34. The predicted octanol–water partition coefficient (Wildman–Crippen LogP) is 2.63. The number of nitrogens with zero attached hydrogens (tertiary/aromatic N) is 12. The summed E-state index contributed by atoms with van der Waals surface area (Å²) in [6, 6.07) is 15.6. The Balaban J connectivity index is 0.000000153. The predicted molar refractivity (Wildman–Crippen MR) is 487 cm³/mol. The Bertz CT molecular complexity index is 8390. The smallest absolute Gasteiger partial charge is 0.264 e. The van der Waals surface area contributed by atoms with E-state index in [9.17, 15) is 86.3 Å². The van der Waals surface area contributed by atoms with Crippen molar-refractivity contribution in [3.63, 3.8) is 0 Å². The van der Waals surface area contributed by atoms with Gasteiger partial charge in [-0.1, -0.05) is 36.4 Å². The molecule has 0 bridgehead atoms. The van der Waals surface area contributed by atoms with E-state index in [4.69, 9.17) is 63.2 Å². The quantitative estimate of drug-likeness (QED) is 0.0841. The summed E-state index contributed by atoms with van der Waals surface area (Å²) in [7, 11) is 0. The summed E-state index contributed by atoms with van der Waals surface area (Å²) in [5.41, 5.74) is 20.4. The van der Waals surface area contributed by atoms with Gasteiger partial charge in [-0.25, -0.2) is 29.9 Å². The molecule has 6 saturated heterocycles. The highest BCUT2D eigenvalue weighted by Crippen LogP contribution is 2.35. The minimum Gasteiger partial charge on any atom is -0.398 e. The number of fused-ring (bicyclic) bond motifs is 6. The molecule has 684 valence electrons. The zero-order chi connectivity index (χ0) is 113. The summed E-state index contributed by atoms with van der Waals surface area (Å²) < 4.78 is 169. The highest BCUT2D eigenvalue weighted by molar-refractivity contribution is 6.07. The van der Waals surface area contributed by atoms with Crippen LogP contribution in [0.5, 0.6) is 0 Å². The first-order chi connectivity index (χ1) is 71.4. The molecule has 6 aromatic heterocycles. The summed E-state index contributed by atoms with van der Waals surface area (Å²) >= 11 is 0. The Morgan fingerprint density at radius 3 is 0.697 bits per heavy atom. The number of aryl methyl sites for hydroxylation is 6. The first-order valence-electron chi connectivity index (χ1n) is 51.3. The molecule has 18 N–H and O–H groups in total. The van der Waals surface area contributed by atoms with Crippen molar-refractivity contribution in [3.8, 4) is 0 Å². The highest BCUT2D eigenvalue weighted by atomic mass is 16.2. The number of nitrogens with one attached hydrogen (secondary N) is 6. The lowest BCUT2D eigenvalue weighted by atomic mass is 9.90. The lowest BCUT2D eigenvalue weighted by Crippen LogP contribution is -2.56. The zero-order valence-corrected chi connectivity index (χ0v) is 70.4. The number of amides is 12. The van der Waals surface area contributed by atoms with E-state index >= 15 is 0 Å². The lowest BCUT2D eigenvalue weighted by molar-refractivity contribution is -0.141. The van der Waals surface area contributed by atoms with Gasteiger partial charge in [0.25, 0.3) is 68.8 Å². The number of carbonyl (C=O) groups is 12. The minimum absolute atomic E-state index is 0.0126. The minimum atomic E-state index is -3.05. The molecule has 12 aromatic rings. The van der Waals surface area contributed by atoms with Crippen molar-refractivity contribution in [2.45, 2.75) is 193 Å². The van der Waals surface area contributed by atoms with E-state index in [1.807, 2.05) is 10.6 Å². The molecule has 6 fully saturated rings. The van der Waals surface area contributed by atoms with Gasteiger partial charge in [0.15, 0.2) is 0 Å². The van der Waals surface area contributed by atoms with E-state index in [1.165, 1.54) is 55.7 Å². The van der Waals surface area contributed by atoms with Gasteiger partial charge in [0.05, 0.1) is 73.6 Å². The van der Waals surface area contributed by atoms with Crippen LogP contribution in [0.4, 0.5) is 34.1 Å². The Labute approximate surface area is 777 Å². The normalized spacial score (nSPS) is 24.4. The molecule has 42 nitrogen and oxygen atoms in total. The second kappa shape index (κ2) is 35.1. The Morgan fingerprint density at radius 1 is 0.273 bits per heavy atom. The largest absolute Gasteiger partial charge is 0.398 e. The molecular formula is C90H96N24O18. The van der Waals surface area contributed by atoms with Gasteiger partial charge in [-0.15, -0.1) is 0 Å². The summed E-state index contributed by atoms with van der Waals surface area (Å²) in [5.74, 6) is -9.25. The van der Waals surface area contributed by atoms with Gasteiger partial charge >= 0.3 is 0 Å². The Morgan fingerprint density at radius 2 is 0.470 bits per heavy atom. The molecule has 132 heavy (non-hydrogen) atoms. The van der Waals surface area contributed by atoms with Crippen molar-refractivity contribution in [1.29, 1.82) is 0 Å². The fraction of sp³-hybridized carbons (Fsp3) is 0.333. The fourth-order valence-electron chi connectivity index (χ4n) is 16.0. The van der Waals surface area contributed by atoms with Crippen molar-refractivity contribution < 1.29 is 86.3 Å². The standard InChI is InChI=1S/6C15H16N4O3/c6*1-8-17-10-5-3-4-9(16)12(10)13(21)19(8)15(2)7-6-11(20)18-14(15)22/h6*3-5H,6-7,16H2,1-2H3,(H,18,20,22)/i1D2,3D,4D,5D;1D,3D,4D,5D;1D2,2D3;1D,2D3;1D2;1D. The van der Waals surface area contributed by atoms with Crippen molar-refractivity contribution in [1.82, 2.24) is 89.2 Å². The molecule has 0 saturated carbocycles. The summed E-state index contributed by atoms with van der Waals surface area (Å²) in [4.78, 5) is 248. The van der Waals surface area contributed by atoms with Crippen LogP contribution >= 0.6 is 0 Å². The number of aromatic nitrogens is 12. The highest BCUT2D eigenvalue weighted by Gasteiger charge is 2.49. The summed E-state index contributed by atoms with van der Waals surface area (Å²) in [5, 5.41) is 12.4. The van der Waals surface area contributed by atoms with Gasteiger partial charge in [-0.3, -0.25) is 146 Å². The third-order valence-electron chi connectivity index (χ3n) is 23.2. The second-order valence-corrected chi connectivity index (χ2v) is 31.9. The van der Waals surface area contributed by atoms with Crippen LogP contribution in [0, 0.1) is 41.3 Å². The molecule has 18 rings (SSSR count). The monoisotopic (exact) mass is 1820 g/mol. The maximum absolute atomic E-state index is 13.2. The van der Waals surface area contributed by atoms with Crippen LogP contribution in [-0.2, 0) is 90.8 Å². The number of hydrogen-bond donors (Lipinski definition) is 12. The number of hydrogen-bond acceptors (Lipinski definition) is 30. The van der Waals surface area contributed by atoms with Gasteiger partial charge < -0.3 is 34.4 Å². The van der Waals surface area contributed by atoms with E-state index in [2.05, 4.69) is 51.2 Å². The van der Waals surface area contributed by atoms with Crippen LogP contribution in [0.15, 0.2) is 138 Å². The van der Waals surface area contributed by atoms with Crippen molar-refractivity contribution >= 4 is 170 Å². The van der Waals surface area contributed by atoms with Gasteiger partial charge in [0.2, 0.25) is 35.4 Å². The van der Waals surface area contributed by atoms with E-state index in [-0.39, 0.29) is 194 Å². The maximum atomic E-state index is 13.2. The third kappa shape index (κ3) is 16.5. The second-order valence-electron chi connectivity index (χ2n) is 31.9. The van der Waals surface area contributed by atoms with Gasteiger partial charge in [0.1, 0.15) is 68.2 Å². The molecule has 0 radical (unpaired) electrons. The molecule has 0 spiro atoms. The molecule has 6 aliphatic heterocycles. The number of benzene rings is 6. The fourth-order valence-corrected chi connectivity index (χ4v) is 16.0. The summed E-state index contributed by atoms with van der Waals surface area (Å²) in [6.45, 7) is -6.57. The first-order valence-corrected chi connectivity index (χ1v) is 39.8. The number of rotatable bonds is 6. The van der Waals surface area contributed by atoms with Crippen molar-refractivity contribution in [3.05, 3.63) is 206 Å². The number of piperidine rings is 6. The molecule has 6 aliphatic rings. The van der Waals surface area contributed by atoms with Crippen LogP contribution in [0.1, 0.15) is 182 Å². The van der Waals surface area contributed by atoms with E-state index in [1.54, 1.807) is 49.4 Å². The number of anilines is 6. The topological polar surface area (TPSA) is 642 Å². The molecule has 6 aromatic carbocycles. The van der Waals surface area contributed by atoms with Gasteiger partial charge in [0, 0.05) is 93.2 Å². The zero-order valence-electron chi connectivity index (χ0n) is 91.4. The van der Waals surface area contributed by atoms with Crippen LogP contribution in [0.25, 0.3) is 65.4 Å². The van der Waals surface area contributed by atoms with E-state index in [0.717, 1.165) is 18.3 Å². The van der Waals surface area contributed by atoms with E-state index < -0.39 is 240 Å². The van der Waals surface area contributed by atoms with Crippen LogP contribution < -0.4 is 99.7 Å². The first kappa shape index (κ1) is 68.9. The van der Waals surface area contributed by atoms with Gasteiger partial charge in [-0.2, -0.15) is 0 Å². The molecular weight excluding hydrogens is 1710 g/mol. The number of nitrogen functional groups attached to an aromatic ring is 6. The molecule has 0 aliphatic carbocycles. The van der Waals surface area contributed by atoms with Crippen molar-refractivity contribution in [2.75, 3.05) is 34.4 Å². The molecule has 6 unspecified atom stereocenters. The van der Waals surface area contributed by atoms with E-state index in [0.29, 0.717) is 10.1 Å². The SMILES string of the molecule is [2H]C([2H])c1nc2cccc(N)c2c(=O)n1C1(C([2H])([2H])[2H])CCC(=O)NC1=O.[2H]C([2H])c1nc2cccc(N)c2c(=O)n1C1(C)CCC(=O)NC1=O.[2H]Cc1nc2c([2H])c([2H])c([2H])c(N)c2c(=O)n1C1(C)CCC(=O)NC1=O.[2H]Cc1nc2cccc(N)c2c(=O)n1C1(C([2H])([2H])[2H])CCC(=O)NC1=O.[2H]Cc1nc2cccc(N)c2c(=O)n1C1(C)CCC(=O)NC1=O.[2H]c1c([2H])c(N)c2c(=O)n(C3(C)CCC(=O)NC3=O)c(C([2H])[2H])nc2c1[2H]. The average Bonchev–Trinajstić information content (AvgIpc) is 0.713. The molecule has 6 atom stereocenters. The Kier molecular flexibility index (Phi) is 18.3. The van der Waals surface area contributed by atoms with Gasteiger partial charge in [-0.05, 0) is 194 Å². The van der Waals surface area contributed by atoms with Crippen molar-refractivity contribution in [2.24, 2.45) is 0 Å². The summed E-state index contributed by atoms with van der Waals surface area (Å²) in [6.07, 6.45) is -1.10. The number of imide groups is 6. The maximum Gasteiger partial charge on any atom is 0.264 e. The van der Waals surface area contributed by atoms with Crippen LogP contribution in [0.3, 0.4) is 0 Å². The third-order valence-corrected chi connectivity index (χ3v) is 23.2. The number of carbonyl (C=O) groups excluding carboxylic acids is 12. The molecule has 42 heteroatoms. The van der Waals surface area contributed by atoms with Crippen LogP contribution in [0.2, 0.25) is 0 Å². The Hall–Kier alpha value is -16.2. The van der Waals surface area contributed by atoms with Crippen LogP contribution in [-0.4, -0.2) is 128 Å². The number of nitrogens with two attached hydrogens (primary N) is 6. The molecule has 12 amide bonds. The average molecular weight is 1820 g/mol.